The fourth-order valence-electron chi connectivity index (χ4n) is 2.63. The summed E-state index contributed by atoms with van der Waals surface area (Å²) in [4.78, 5) is 15.2. The van der Waals surface area contributed by atoms with Crippen molar-refractivity contribution in [1.29, 1.82) is 0 Å². The summed E-state index contributed by atoms with van der Waals surface area (Å²) >= 11 is 2.15. The molecule has 0 bridgehead atoms. The van der Waals surface area contributed by atoms with Crippen molar-refractivity contribution in [3.63, 3.8) is 0 Å². The third kappa shape index (κ3) is 3.72. The van der Waals surface area contributed by atoms with Crippen LogP contribution in [-0.2, 0) is 17.8 Å². The normalized spacial score (nSPS) is 11.1. The Morgan fingerprint density at radius 3 is 3.04 bits per heavy atom. The van der Waals surface area contributed by atoms with Gasteiger partial charge < -0.3 is 10.3 Å². The van der Waals surface area contributed by atoms with Gasteiger partial charge in [-0.3, -0.25) is 9.48 Å². The third-order valence-electron chi connectivity index (χ3n) is 3.69. The highest BCUT2D eigenvalue weighted by atomic mass is 127. The van der Waals surface area contributed by atoms with Crippen molar-refractivity contribution in [3.05, 3.63) is 51.2 Å². The highest BCUT2D eigenvalue weighted by Crippen LogP contribution is 2.23. The van der Waals surface area contributed by atoms with E-state index in [1.807, 2.05) is 13.1 Å². The molecule has 0 spiro atoms. The van der Waals surface area contributed by atoms with Crippen LogP contribution in [0, 0.1) is 16.3 Å². The lowest BCUT2D eigenvalue weighted by Gasteiger charge is -2.06. The Kier molecular flexibility index (Phi) is 4.65. The minimum absolute atomic E-state index is 0.0897. The van der Waals surface area contributed by atoms with E-state index in [9.17, 15) is 9.18 Å². The topological polar surface area (TPSA) is 62.7 Å². The zero-order valence-electron chi connectivity index (χ0n) is 12.6. The molecule has 1 aromatic carbocycles. The van der Waals surface area contributed by atoms with Crippen molar-refractivity contribution in [2.75, 3.05) is 6.54 Å². The van der Waals surface area contributed by atoms with Crippen LogP contribution >= 0.6 is 22.6 Å². The van der Waals surface area contributed by atoms with Crippen LogP contribution in [0.4, 0.5) is 4.39 Å². The van der Waals surface area contributed by atoms with E-state index in [0.29, 0.717) is 13.0 Å². The zero-order valence-corrected chi connectivity index (χ0v) is 14.7. The molecule has 7 heteroatoms. The van der Waals surface area contributed by atoms with Gasteiger partial charge in [0.25, 0.3) is 0 Å². The van der Waals surface area contributed by atoms with E-state index >= 15 is 0 Å². The molecule has 1 amide bonds. The van der Waals surface area contributed by atoms with Crippen LogP contribution in [0.3, 0.4) is 0 Å². The largest absolute Gasteiger partial charge is 0.358 e. The van der Waals surface area contributed by atoms with Crippen LogP contribution in [0.25, 0.3) is 10.9 Å². The van der Waals surface area contributed by atoms with Crippen LogP contribution in [0.5, 0.6) is 0 Å². The van der Waals surface area contributed by atoms with E-state index in [-0.39, 0.29) is 18.3 Å². The molecule has 2 aromatic heterocycles. The number of hydrogen-bond donors (Lipinski definition) is 2. The Labute approximate surface area is 146 Å². The number of carbonyl (C=O) groups excluding carboxylic acids is 1. The molecule has 3 rings (SSSR count). The van der Waals surface area contributed by atoms with Crippen molar-refractivity contribution < 1.29 is 9.18 Å². The molecule has 0 aliphatic heterocycles. The summed E-state index contributed by atoms with van der Waals surface area (Å²) in [5.41, 5.74) is 2.95. The predicted molar refractivity (Wildman–Crippen MR) is 94.7 cm³/mol. The summed E-state index contributed by atoms with van der Waals surface area (Å²) in [6.07, 6.45) is 4.17. The van der Waals surface area contributed by atoms with Gasteiger partial charge in [0, 0.05) is 29.3 Å². The van der Waals surface area contributed by atoms with Crippen molar-refractivity contribution in [1.82, 2.24) is 20.1 Å². The first-order valence-corrected chi connectivity index (χ1v) is 8.32. The maximum atomic E-state index is 13.4. The molecule has 0 radical (unpaired) electrons. The van der Waals surface area contributed by atoms with Crippen LogP contribution < -0.4 is 5.32 Å². The first kappa shape index (κ1) is 16.0. The second kappa shape index (κ2) is 6.69. The fourth-order valence-corrected chi connectivity index (χ4v) is 3.08. The Balaban J connectivity index is 1.61. The highest BCUT2D eigenvalue weighted by molar-refractivity contribution is 14.1. The SMILES string of the molecule is Cc1[nH]c2ccc(F)cc2c1CCNC(=O)Cn1cc(I)cn1. The Hall–Kier alpha value is -1.90. The average molecular weight is 426 g/mol. The van der Waals surface area contributed by atoms with Gasteiger partial charge in [-0.15, -0.1) is 0 Å². The predicted octanol–water partition coefficient (Wildman–Crippen LogP) is 2.78. The van der Waals surface area contributed by atoms with Crippen molar-refractivity contribution >= 4 is 39.4 Å². The van der Waals surface area contributed by atoms with E-state index in [1.165, 1.54) is 12.1 Å². The molecule has 23 heavy (non-hydrogen) atoms. The van der Waals surface area contributed by atoms with Gasteiger partial charge in [-0.1, -0.05) is 0 Å². The van der Waals surface area contributed by atoms with E-state index < -0.39 is 0 Å². The Morgan fingerprint density at radius 2 is 2.30 bits per heavy atom. The number of rotatable bonds is 5. The van der Waals surface area contributed by atoms with Crippen molar-refractivity contribution in [2.24, 2.45) is 0 Å². The first-order chi connectivity index (χ1) is 11.0. The van der Waals surface area contributed by atoms with Gasteiger partial charge >= 0.3 is 0 Å². The van der Waals surface area contributed by atoms with Crippen LogP contribution in [0.1, 0.15) is 11.3 Å². The van der Waals surface area contributed by atoms with Crippen molar-refractivity contribution in [2.45, 2.75) is 19.9 Å². The number of hydrogen-bond acceptors (Lipinski definition) is 2. The van der Waals surface area contributed by atoms with Crippen LogP contribution in [0.2, 0.25) is 0 Å². The standard InChI is InChI=1S/C16H16FIN4O/c1-10-13(14-6-11(17)2-3-15(14)21-10)4-5-19-16(23)9-22-8-12(18)7-20-22/h2-3,6-8,21H,4-5,9H2,1H3,(H,19,23). The highest BCUT2D eigenvalue weighted by Gasteiger charge is 2.10. The second-order valence-electron chi connectivity index (χ2n) is 5.37. The molecule has 0 aliphatic carbocycles. The molecule has 2 N–H and O–H groups in total. The molecular weight excluding hydrogens is 410 g/mol. The van der Waals surface area contributed by atoms with Gasteiger partial charge in [0.15, 0.2) is 0 Å². The number of aryl methyl sites for hydroxylation is 1. The summed E-state index contributed by atoms with van der Waals surface area (Å²) < 4.78 is 16.0. The van der Waals surface area contributed by atoms with Gasteiger partial charge in [-0.2, -0.15) is 5.10 Å². The first-order valence-electron chi connectivity index (χ1n) is 7.24. The number of nitrogens with zero attached hydrogens (tertiary/aromatic N) is 2. The number of fused-ring (bicyclic) bond motifs is 1. The lowest BCUT2D eigenvalue weighted by molar-refractivity contribution is -0.121. The lowest BCUT2D eigenvalue weighted by atomic mass is 10.1. The molecule has 0 atom stereocenters. The molecule has 0 saturated heterocycles. The van der Waals surface area contributed by atoms with Crippen LogP contribution in [0.15, 0.2) is 30.6 Å². The molecule has 0 unspecified atom stereocenters. The maximum Gasteiger partial charge on any atom is 0.241 e. The molecule has 0 fully saturated rings. The minimum atomic E-state index is -0.255. The molecule has 5 nitrogen and oxygen atoms in total. The molecule has 2 heterocycles. The number of nitrogens with one attached hydrogen (secondary N) is 2. The number of aromatic amines is 1. The summed E-state index contributed by atoms with van der Waals surface area (Å²) in [6, 6.07) is 4.70. The van der Waals surface area contributed by atoms with Crippen molar-refractivity contribution in [3.8, 4) is 0 Å². The van der Waals surface area contributed by atoms with E-state index in [2.05, 4.69) is 38.0 Å². The maximum absolute atomic E-state index is 13.4. The lowest BCUT2D eigenvalue weighted by Crippen LogP contribution is -2.29. The van der Waals surface area contributed by atoms with Gasteiger partial charge in [0.1, 0.15) is 12.4 Å². The van der Waals surface area contributed by atoms with E-state index in [4.69, 9.17) is 0 Å². The number of carbonyl (C=O) groups is 1. The smallest absolute Gasteiger partial charge is 0.241 e. The third-order valence-corrected chi connectivity index (χ3v) is 4.24. The fraction of sp³-hybridized carbons (Fsp3) is 0.250. The number of H-pyrrole nitrogens is 1. The molecule has 120 valence electrons. The molecule has 0 aliphatic rings. The minimum Gasteiger partial charge on any atom is -0.358 e. The summed E-state index contributed by atoms with van der Waals surface area (Å²) in [6.45, 7) is 2.66. The molecule has 0 saturated carbocycles. The quantitative estimate of drug-likeness (QED) is 0.617. The molecule has 3 aromatic rings. The Morgan fingerprint density at radius 1 is 1.48 bits per heavy atom. The second-order valence-corrected chi connectivity index (χ2v) is 6.62. The Bertz CT molecular complexity index is 855. The number of amides is 1. The number of benzene rings is 1. The summed E-state index contributed by atoms with van der Waals surface area (Å²) in [5, 5.41) is 7.83. The van der Waals surface area contributed by atoms with E-state index in [0.717, 1.165) is 25.7 Å². The summed E-state index contributed by atoms with van der Waals surface area (Å²) in [5.74, 6) is -0.344. The molecular formula is C16H16FIN4O. The van der Waals surface area contributed by atoms with Crippen LogP contribution in [-0.4, -0.2) is 27.2 Å². The average Bonchev–Trinajstić information content (AvgIpc) is 3.03. The van der Waals surface area contributed by atoms with E-state index in [1.54, 1.807) is 16.9 Å². The monoisotopic (exact) mass is 426 g/mol. The summed E-state index contributed by atoms with van der Waals surface area (Å²) in [7, 11) is 0. The van der Waals surface area contributed by atoms with Gasteiger partial charge in [0.2, 0.25) is 5.91 Å². The van der Waals surface area contributed by atoms with Gasteiger partial charge in [0.05, 0.1) is 9.77 Å². The van der Waals surface area contributed by atoms with Gasteiger partial charge in [-0.05, 0) is 59.7 Å². The number of halogens is 2. The zero-order chi connectivity index (χ0) is 16.4. The van der Waals surface area contributed by atoms with Gasteiger partial charge in [-0.25, -0.2) is 4.39 Å². The number of aromatic nitrogens is 3.